The Balaban J connectivity index is 2.85. The molecule has 0 aromatic rings. The van der Waals surface area contributed by atoms with Crippen molar-refractivity contribution in [2.24, 2.45) is 0 Å². The van der Waals surface area contributed by atoms with Crippen molar-refractivity contribution in [1.82, 2.24) is 0 Å². The van der Waals surface area contributed by atoms with Gasteiger partial charge in [-0.2, -0.15) is 0 Å². The van der Waals surface area contributed by atoms with Crippen LogP contribution in [0.3, 0.4) is 0 Å². The van der Waals surface area contributed by atoms with Crippen LogP contribution in [0.1, 0.15) is 6.92 Å². The SMILES string of the molecule is C[CH]C(=O)Cl. The van der Waals surface area contributed by atoms with Gasteiger partial charge in [0.15, 0.2) is 0 Å². The fraction of sp³-hybridized carbons (Fsp3) is 0.333. The third-order valence-corrected chi connectivity index (χ3v) is 0.445. The maximum atomic E-state index is 9.52. The van der Waals surface area contributed by atoms with Crippen LogP contribution < -0.4 is 0 Å². The first-order valence-corrected chi connectivity index (χ1v) is 1.64. The molecule has 0 aliphatic rings. The average molecular weight is 91.5 g/mol. The fourth-order valence-corrected chi connectivity index (χ4v) is 0. The van der Waals surface area contributed by atoms with E-state index in [9.17, 15) is 4.79 Å². The van der Waals surface area contributed by atoms with E-state index in [-0.39, 0.29) is 0 Å². The molecule has 0 aliphatic heterocycles. The Morgan fingerprint density at radius 1 is 2.00 bits per heavy atom. The summed E-state index contributed by atoms with van der Waals surface area (Å²) in [6.07, 6.45) is 1.29. The first kappa shape index (κ1) is 4.96. The third kappa shape index (κ3) is 3.96. The van der Waals surface area contributed by atoms with Crippen LogP contribution in [0.5, 0.6) is 0 Å². The van der Waals surface area contributed by atoms with Crippen molar-refractivity contribution >= 4 is 16.8 Å². The van der Waals surface area contributed by atoms with E-state index in [0.717, 1.165) is 0 Å². The average Bonchev–Trinajstić information content (AvgIpc) is 1.38. The molecule has 0 spiro atoms. The van der Waals surface area contributed by atoms with Gasteiger partial charge in [0.25, 0.3) is 0 Å². The molecule has 0 aliphatic carbocycles. The highest BCUT2D eigenvalue weighted by molar-refractivity contribution is 6.65. The molecule has 5 heavy (non-hydrogen) atoms. The third-order valence-electron chi connectivity index (χ3n) is 0.227. The van der Waals surface area contributed by atoms with E-state index in [1.165, 1.54) is 6.42 Å². The molecule has 0 fully saturated rings. The Hall–Kier alpha value is -0.0400. The second-order valence-corrected chi connectivity index (χ2v) is 0.965. The summed E-state index contributed by atoms with van der Waals surface area (Å²) in [5, 5.41) is -0.398. The van der Waals surface area contributed by atoms with Gasteiger partial charge in [-0.3, -0.25) is 4.79 Å². The highest BCUT2D eigenvalue weighted by Gasteiger charge is 1.81. The first-order valence-electron chi connectivity index (χ1n) is 1.26. The number of halogens is 1. The van der Waals surface area contributed by atoms with Crippen molar-refractivity contribution in [1.29, 1.82) is 0 Å². The lowest BCUT2D eigenvalue weighted by Crippen LogP contribution is -1.76. The molecule has 1 nitrogen and oxygen atoms in total. The topological polar surface area (TPSA) is 17.1 Å². The normalized spacial score (nSPS) is 7.60. The maximum absolute atomic E-state index is 9.52. The van der Waals surface area contributed by atoms with Gasteiger partial charge in [0.2, 0.25) is 5.24 Å². The maximum Gasteiger partial charge on any atom is 0.225 e. The zero-order valence-corrected chi connectivity index (χ0v) is 3.62. The Labute approximate surface area is 35.9 Å². The van der Waals surface area contributed by atoms with Crippen LogP contribution in [-0.2, 0) is 4.79 Å². The molecule has 0 aromatic carbocycles. The van der Waals surface area contributed by atoms with E-state index < -0.39 is 5.24 Å². The van der Waals surface area contributed by atoms with Crippen LogP contribution in [0.25, 0.3) is 0 Å². The molecule has 1 radical (unpaired) electrons. The lowest BCUT2D eigenvalue weighted by molar-refractivity contribution is -0.108. The van der Waals surface area contributed by atoms with E-state index in [0.29, 0.717) is 0 Å². The lowest BCUT2D eigenvalue weighted by Gasteiger charge is -1.67. The predicted molar refractivity (Wildman–Crippen MR) is 20.8 cm³/mol. The van der Waals surface area contributed by atoms with Crippen LogP contribution in [0.15, 0.2) is 0 Å². The van der Waals surface area contributed by atoms with E-state index in [1.807, 2.05) is 0 Å². The summed E-state index contributed by atoms with van der Waals surface area (Å²) >= 11 is 4.77. The van der Waals surface area contributed by atoms with Gasteiger partial charge in [-0.05, 0) is 11.6 Å². The Bertz CT molecular complexity index is 42.2. The van der Waals surface area contributed by atoms with Crippen molar-refractivity contribution in [3.63, 3.8) is 0 Å². The van der Waals surface area contributed by atoms with Crippen LogP contribution in [0.4, 0.5) is 0 Å². The minimum atomic E-state index is -0.398. The molecular weight excluding hydrogens is 87.5 g/mol. The zero-order valence-electron chi connectivity index (χ0n) is 2.86. The van der Waals surface area contributed by atoms with Crippen molar-refractivity contribution in [2.45, 2.75) is 6.92 Å². The summed E-state index contributed by atoms with van der Waals surface area (Å²) in [4.78, 5) is 9.52. The number of rotatable bonds is 1. The summed E-state index contributed by atoms with van der Waals surface area (Å²) < 4.78 is 0. The van der Waals surface area contributed by atoms with Crippen LogP contribution in [0.2, 0.25) is 0 Å². The van der Waals surface area contributed by atoms with Gasteiger partial charge in [0.05, 0.1) is 0 Å². The largest absolute Gasteiger partial charge is 0.281 e. The van der Waals surface area contributed by atoms with E-state index in [1.54, 1.807) is 6.92 Å². The second-order valence-electron chi connectivity index (χ2n) is 0.593. The molecule has 0 aromatic heterocycles. The van der Waals surface area contributed by atoms with Gasteiger partial charge in [-0.1, -0.05) is 6.92 Å². The first-order chi connectivity index (χ1) is 2.27. The van der Waals surface area contributed by atoms with Crippen molar-refractivity contribution in [3.05, 3.63) is 6.42 Å². The molecule has 0 unspecified atom stereocenters. The van der Waals surface area contributed by atoms with Gasteiger partial charge < -0.3 is 0 Å². The summed E-state index contributed by atoms with van der Waals surface area (Å²) in [5.41, 5.74) is 0. The van der Waals surface area contributed by atoms with E-state index in [2.05, 4.69) is 0 Å². The lowest BCUT2D eigenvalue weighted by atomic mass is 10.6. The molecule has 0 bridgehead atoms. The van der Waals surface area contributed by atoms with Crippen molar-refractivity contribution in [2.75, 3.05) is 0 Å². The minimum absolute atomic E-state index is 0.398. The molecule has 0 saturated heterocycles. The Kier molecular flexibility index (Phi) is 2.19. The van der Waals surface area contributed by atoms with Crippen molar-refractivity contribution in [3.8, 4) is 0 Å². The summed E-state index contributed by atoms with van der Waals surface area (Å²) in [6.45, 7) is 1.59. The van der Waals surface area contributed by atoms with Gasteiger partial charge in [0, 0.05) is 6.42 Å². The quantitative estimate of drug-likeness (QED) is 0.440. The Morgan fingerprint density at radius 2 is 2.20 bits per heavy atom. The molecule has 2 heteroatoms. The predicted octanol–water partition coefficient (Wildman–Crippen LogP) is 0.976. The highest BCUT2D eigenvalue weighted by atomic mass is 35.5. The van der Waals surface area contributed by atoms with Crippen LogP contribution in [0, 0.1) is 6.42 Å². The second kappa shape index (κ2) is 2.21. The molecule has 0 heterocycles. The van der Waals surface area contributed by atoms with Crippen LogP contribution in [-0.4, -0.2) is 5.24 Å². The van der Waals surface area contributed by atoms with Crippen molar-refractivity contribution < 1.29 is 4.79 Å². The molecule has 0 rings (SSSR count). The van der Waals surface area contributed by atoms with Gasteiger partial charge >= 0.3 is 0 Å². The zero-order chi connectivity index (χ0) is 4.28. The van der Waals surface area contributed by atoms with Gasteiger partial charge in [0.1, 0.15) is 0 Å². The standard InChI is InChI=1S/C3H4ClO/c1-2-3(4)5/h2H,1H3. The number of carbonyl (C=O) groups is 1. The minimum Gasteiger partial charge on any atom is -0.281 e. The molecule has 0 saturated carbocycles. The van der Waals surface area contributed by atoms with E-state index in [4.69, 9.17) is 11.6 Å². The van der Waals surface area contributed by atoms with Gasteiger partial charge in [-0.15, -0.1) is 0 Å². The molecule has 29 valence electrons. The number of hydrogen-bond donors (Lipinski definition) is 0. The summed E-state index contributed by atoms with van der Waals surface area (Å²) in [7, 11) is 0. The fourth-order valence-electron chi connectivity index (χ4n) is 0. The molecular formula is C3H4ClO. The van der Waals surface area contributed by atoms with Gasteiger partial charge in [-0.25, -0.2) is 0 Å². The van der Waals surface area contributed by atoms with Crippen LogP contribution >= 0.6 is 11.6 Å². The monoisotopic (exact) mass is 91.0 g/mol. The number of carbonyl (C=O) groups excluding carboxylic acids is 1. The Morgan fingerprint density at radius 3 is 2.20 bits per heavy atom. The summed E-state index contributed by atoms with van der Waals surface area (Å²) in [5.74, 6) is 0. The number of hydrogen-bond acceptors (Lipinski definition) is 1. The van der Waals surface area contributed by atoms with E-state index >= 15 is 0 Å². The highest BCUT2D eigenvalue weighted by Crippen LogP contribution is 1.79. The molecule has 0 atom stereocenters. The molecule has 0 N–H and O–H groups in total. The molecule has 0 amide bonds. The summed E-state index contributed by atoms with van der Waals surface area (Å²) in [6, 6.07) is 0. The smallest absolute Gasteiger partial charge is 0.225 e.